The minimum atomic E-state index is 0.595. The van der Waals surface area contributed by atoms with Gasteiger partial charge >= 0.3 is 0 Å². The van der Waals surface area contributed by atoms with Crippen LogP contribution in [0.5, 0.6) is 0 Å². The molecule has 0 saturated heterocycles. The summed E-state index contributed by atoms with van der Waals surface area (Å²) in [6.45, 7) is 0. The molecule has 0 aromatic rings. The molecular formula is C8H12ClN. The average molecular weight is 158 g/mol. The van der Waals surface area contributed by atoms with Crippen molar-refractivity contribution in [3.05, 3.63) is 12.2 Å². The first-order valence-corrected chi connectivity index (χ1v) is 4.03. The lowest BCUT2D eigenvalue weighted by Crippen LogP contribution is -1.72. The van der Waals surface area contributed by atoms with Crippen molar-refractivity contribution in [3.63, 3.8) is 0 Å². The largest absolute Gasteiger partial charge is 0.198 e. The Hall–Kier alpha value is -0.480. The number of hydrogen-bond donors (Lipinski definition) is 0. The Morgan fingerprint density at radius 3 is 2.70 bits per heavy atom. The molecule has 0 bridgehead atoms. The van der Waals surface area contributed by atoms with Crippen molar-refractivity contribution < 1.29 is 0 Å². The molecule has 0 aromatic heterocycles. The van der Waals surface area contributed by atoms with Gasteiger partial charge in [0.2, 0.25) is 0 Å². The van der Waals surface area contributed by atoms with Crippen molar-refractivity contribution in [2.45, 2.75) is 25.7 Å². The van der Waals surface area contributed by atoms with Crippen molar-refractivity contribution in [1.82, 2.24) is 0 Å². The summed E-state index contributed by atoms with van der Waals surface area (Å²) in [6, 6.07) is 2.11. The maximum atomic E-state index is 8.18. The van der Waals surface area contributed by atoms with Gasteiger partial charge in [0.15, 0.2) is 0 Å². The molecule has 0 spiro atoms. The first kappa shape index (κ1) is 9.52. The van der Waals surface area contributed by atoms with Crippen LogP contribution in [-0.2, 0) is 0 Å². The van der Waals surface area contributed by atoms with E-state index in [2.05, 4.69) is 12.1 Å². The number of nitrogens with zero attached hydrogens (tertiary/aromatic N) is 1. The number of hydrogen-bond acceptors (Lipinski definition) is 1. The normalized spacial score (nSPS) is 10.0. The molecule has 0 amide bonds. The summed E-state index contributed by atoms with van der Waals surface area (Å²) >= 11 is 5.40. The second-order valence-electron chi connectivity index (χ2n) is 2.03. The number of unbranched alkanes of at least 4 members (excludes halogenated alkanes) is 3. The van der Waals surface area contributed by atoms with Gasteiger partial charge < -0.3 is 0 Å². The van der Waals surface area contributed by atoms with E-state index in [0.717, 1.165) is 19.3 Å². The lowest BCUT2D eigenvalue weighted by Gasteiger charge is -1.88. The molecule has 0 unspecified atom stereocenters. The SMILES string of the molecule is N#CCCCC/C=C/CCl. The number of rotatable bonds is 5. The number of nitriles is 1. The molecule has 2 heteroatoms. The van der Waals surface area contributed by atoms with Gasteiger partial charge in [-0.15, -0.1) is 11.6 Å². The first-order valence-electron chi connectivity index (χ1n) is 3.49. The van der Waals surface area contributed by atoms with Crippen LogP contribution in [0, 0.1) is 11.3 Å². The molecule has 0 rings (SSSR count). The maximum absolute atomic E-state index is 8.18. The quantitative estimate of drug-likeness (QED) is 0.342. The molecule has 0 N–H and O–H groups in total. The Morgan fingerprint density at radius 2 is 2.10 bits per heavy atom. The van der Waals surface area contributed by atoms with Crippen LogP contribution in [0.2, 0.25) is 0 Å². The highest BCUT2D eigenvalue weighted by Crippen LogP contribution is 1.99. The molecular weight excluding hydrogens is 146 g/mol. The molecule has 0 aliphatic rings. The van der Waals surface area contributed by atoms with Gasteiger partial charge in [-0.05, 0) is 19.3 Å². The van der Waals surface area contributed by atoms with Crippen LogP contribution in [0.3, 0.4) is 0 Å². The number of halogens is 1. The summed E-state index contributed by atoms with van der Waals surface area (Å²) in [6.07, 6.45) is 7.82. The molecule has 0 aromatic carbocycles. The number of allylic oxidation sites excluding steroid dienone is 2. The van der Waals surface area contributed by atoms with Crippen LogP contribution < -0.4 is 0 Å². The van der Waals surface area contributed by atoms with Crippen LogP contribution >= 0.6 is 11.6 Å². The minimum Gasteiger partial charge on any atom is -0.198 e. The van der Waals surface area contributed by atoms with Gasteiger partial charge in [0.1, 0.15) is 0 Å². The fourth-order valence-electron chi connectivity index (χ4n) is 0.647. The summed E-state index contributed by atoms with van der Waals surface area (Å²) in [4.78, 5) is 0. The lowest BCUT2D eigenvalue weighted by atomic mass is 10.2. The Balaban J connectivity index is 2.92. The van der Waals surface area contributed by atoms with Crippen molar-refractivity contribution in [3.8, 4) is 6.07 Å². The van der Waals surface area contributed by atoms with Gasteiger partial charge in [-0.25, -0.2) is 0 Å². The first-order chi connectivity index (χ1) is 4.91. The summed E-state index contributed by atoms with van der Waals surface area (Å²) < 4.78 is 0. The van der Waals surface area contributed by atoms with Gasteiger partial charge in [0.05, 0.1) is 6.07 Å². The maximum Gasteiger partial charge on any atom is 0.0621 e. The zero-order valence-electron chi connectivity index (χ0n) is 6.02. The zero-order chi connectivity index (χ0) is 7.66. The second-order valence-corrected chi connectivity index (χ2v) is 2.34. The Bertz CT molecular complexity index is 124. The molecule has 0 saturated carbocycles. The fraction of sp³-hybridized carbons (Fsp3) is 0.625. The van der Waals surface area contributed by atoms with E-state index >= 15 is 0 Å². The Kier molecular flexibility index (Phi) is 8.11. The number of alkyl halides is 1. The highest BCUT2D eigenvalue weighted by atomic mass is 35.5. The van der Waals surface area contributed by atoms with E-state index in [1.165, 1.54) is 0 Å². The monoisotopic (exact) mass is 157 g/mol. The third-order valence-electron chi connectivity index (χ3n) is 1.17. The predicted molar refractivity (Wildman–Crippen MR) is 43.9 cm³/mol. The van der Waals surface area contributed by atoms with Gasteiger partial charge in [0.25, 0.3) is 0 Å². The van der Waals surface area contributed by atoms with Crippen LogP contribution in [0.15, 0.2) is 12.2 Å². The van der Waals surface area contributed by atoms with E-state index in [1.807, 2.05) is 6.08 Å². The third-order valence-corrected chi connectivity index (χ3v) is 1.34. The molecule has 56 valence electrons. The van der Waals surface area contributed by atoms with Crippen LogP contribution in [0.4, 0.5) is 0 Å². The van der Waals surface area contributed by atoms with E-state index < -0.39 is 0 Å². The molecule has 0 heterocycles. The molecule has 10 heavy (non-hydrogen) atoms. The van der Waals surface area contributed by atoms with E-state index in [0.29, 0.717) is 12.3 Å². The van der Waals surface area contributed by atoms with E-state index in [1.54, 1.807) is 0 Å². The van der Waals surface area contributed by atoms with Crippen LogP contribution in [0.1, 0.15) is 25.7 Å². The van der Waals surface area contributed by atoms with Gasteiger partial charge in [-0.2, -0.15) is 5.26 Å². The van der Waals surface area contributed by atoms with Crippen LogP contribution in [-0.4, -0.2) is 5.88 Å². The smallest absolute Gasteiger partial charge is 0.0621 e. The standard InChI is InChI=1S/C8H12ClN/c9-7-5-3-1-2-4-6-8-10/h3,5H,1-2,4,6-7H2/b5-3+. The van der Waals surface area contributed by atoms with E-state index in [9.17, 15) is 0 Å². The van der Waals surface area contributed by atoms with Crippen molar-refractivity contribution in [1.29, 1.82) is 5.26 Å². The molecule has 0 aliphatic heterocycles. The van der Waals surface area contributed by atoms with Gasteiger partial charge in [-0.3, -0.25) is 0 Å². The fourth-order valence-corrected chi connectivity index (χ4v) is 0.773. The van der Waals surface area contributed by atoms with E-state index in [-0.39, 0.29) is 0 Å². The van der Waals surface area contributed by atoms with Gasteiger partial charge in [-0.1, -0.05) is 12.2 Å². The minimum absolute atomic E-state index is 0.595. The Labute approximate surface area is 67.3 Å². The summed E-state index contributed by atoms with van der Waals surface area (Å²) in [5.41, 5.74) is 0. The third kappa shape index (κ3) is 7.52. The second kappa shape index (κ2) is 8.52. The van der Waals surface area contributed by atoms with Gasteiger partial charge in [0, 0.05) is 12.3 Å². The van der Waals surface area contributed by atoms with E-state index in [4.69, 9.17) is 16.9 Å². The average Bonchev–Trinajstić information content (AvgIpc) is 1.97. The topological polar surface area (TPSA) is 23.8 Å². The Morgan fingerprint density at radius 1 is 1.30 bits per heavy atom. The predicted octanol–water partition coefficient (Wildman–Crippen LogP) is 2.87. The van der Waals surface area contributed by atoms with Crippen molar-refractivity contribution in [2.75, 3.05) is 5.88 Å². The molecule has 0 radical (unpaired) electrons. The molecule has 1 nitrogen and oxygen atoms in total. The van der Waals surface area contributed by atoms with Crippen molar-refractivity contribution >= 4 is 11.6 Å². The highest BCUT2D eigenvalue weighted by Gasteiger charge is 1.82. The van der Waals surface area contributed by atoms with Crippen LogP contribution in [0.25, 0.3) is 0 Å². The summed E-state index contributed by atoms with van der Waals surface area (Å²) in [5, 5.41) is 8.18. The lowest BCUT2D eigenvalue weighted by molar-refractivity contribution is 0.767. The molecule has 0 atom stereocenters. The summed E-state index contributed by atoms with van der Waals surface area (Å²) in [5.74, 6) is 0.595. The highest BCUT2D eigenvalue weighted by molar-refractivity contribution is 6.18. The molecule has 0 fully saturated rings. The zero-order valence-corrected chi connectivity index (χ0v) is 6.77. The molecule has 0 aliphatic carbocycles. The van der Waals surface area contributed by atoms with Crippen molar-refractivity contribution in [2.24, 2.45) is 0 Å². The summed E-state index contributed by atoms with van der Waals surface area (Å²) in [7, 11) is 0.